The van der Waals surface area contributed by atoms with Crippen LogP contribution in [0.25, 0.3) is 0 Å². The van der Waals surface area contributed by atoms with E-state index in [9.17, 15) is 4.79 Å². The summed E-state index contributed by atoms with van der Waals surface area (Å²) < 4.78 is 6.14. The van der Waals surface area contributed by atoms with Gasteiger partial charge in [0.1, 0.15) is 5.75 Å². The SMILES string of the molecule is COc1cc(C(=O)N(C)C)ccc1I. The molecule has 1 rings (SSSR count). The zero-order valence-corrected chi connectivity index (χ0v) is 10.5. The van der Waals surface area contributed by atoms with Crippen molar-refractivity contribution in [3.8, 4) is 5.75 Å². The van der Waals surface area contributed by atoms with Gasteiger partial charge in [-0.15, -0.1) is 0 Å². The molecule has 0 unspecified atom stereocenters. The molecule has 0 saturated carbocycles. The molecule has 0 aliphatic carbocycles. The van der Waals surface area contributed by atoms with E-state index in [0.29, 0.717) is 5.56 Å². The van der Waals surface area contributed by atoms with E-state index in [1.165, 1.54) is 0 Å². The molecule has 3 nitrogen and oxygen atoms in total. The highest BCUT2D eigenvalue weighted by Crippen LogP contribution is 2.22. The molecule has 0 radical (unpaired) electrons. The van der Waals surface area contributed by atoms with Gasteiger partial charge in [0, 0.05) is 19.7 Å². The molecule has 1 aromatic carbocycles. The average Bonchev–Trinajstić information content (AvgIpc) is 2.17. The Balaban J connectivity index is 3.06. The van der Waals surface area contributed by atoms with Crippen LogP contribution in [0.1, 0.15) is 10.4 Å². The van der Waals surface area contributed by atoms with Gasteiger partial charge >= 0.3 is 0 Å². The maximum atomic E-state index is 11.6. The van der Waals surface area contributed by atoms with E-state index in [2.05, 4.69) is 22.6 Å². The van der Waals surface area contributed by atoms with E-state index in [0.717, 1.165) is 9.32 Å². The summed E-state index contributed by atoms with van der Waals surface area (Å²) in [4.78, 5) is 13.1. The van der Waals surface area contributed by atoms with Crippen LogP contribution in [0, 0.1) is 3.57 Å². The highest BCUT2D eigenvalue weighted by atomic mass is 127. The second kappa shape index (κ2) is 4.63. The minimum Gasteiger partial charge on any atom is -0.496 e. The summed E-state index contributed by atoms with van der Waals surface area (Å²) in [7, 11) is 5.06. The summed E-state index contributed by atoms with van der Waals surface area (Å²) in [6, 6.07) is 5.42. The lowest BCUT2D eigenvalue weighted by Crippen LogP contribution is -2.21. The molecule has 1 amide bonds. The first-order chi connectivity index (χ1) is 6.56. The molecule has 0 atom stereocenters. The van der Waals surface area contributed by atoms with Crippen molar-refractivity contribution in [2.24, 2.45) is 0 Å². The molecule has 0 aliphatic heterocycles. The first-order valence-electron chi connectivity index (χ1n) is 4.11. The van der Waals surface area contributed by atoms with Gasteiger partial charge in [0.15, 0.2) is 0 Å². The Labute approximate surface area is 97.2 Å². The van der Waals surface area contributed by atoms with Crippen molar-refractivity contribution >= 4 is 28.5 Å². The van der Waals surface area contributed by atoms with Gasteiger partial charge in [0.05, 0.1) is 10.7 Å². The number of carbonyl (C=O) groups excluding carboxylic acids is 1. The Bertz CT molecular complexity index is 350. The molecular weight excluding hydrogens is 293 g/mol. The number of nitrogens with zero attached hydrogens (tertiary/aromatic N) is 1. The van der Waals surface area contributed by atoms with Crippen molar-refractivity contribution in [1.82, 2.24) is 4.90 Å². The number of halogens is 1. The summed E-state index contributed by atoms with van der Waals surface area (Å²) in [6.07, 6.45) is 0. The lowest BCUT2D eigenvalue weighted by molar-refractivity contribution is 0.0827. The second-order valence-corrected chi connectivity index (χ2v) is 4.21. The molecule has 0 aromatic heterocycles. The van der Waals surface area contributed by atoms with Crippen LogP contribution in [-0.4, -0.2) is 32.0 Å². The third-order valence-corrected chi connectivity index (χ3v) is 2.70. The molecule has 0 N–H and O–H groups in total. The summed E-state index contributed by atoms with van der Waals surface area (Å²) in [5.74, 6) is 0.720. The smallest absolute Gasteiger partial charge is 0.253 e. The predicted molar refractivity (Wildman–Crippen MR) is 63.7 cm³/mol. The summed E-state index contributed by atoms with van der Waals surface area (Å²) >= 11 is 2.17. The zero-order valence-electron chi connectivity index (χ0n) is 8.37. The molecule has 14 heavy (non-hydrogen) atoms. The van der Waals surface area contributed by atoms with Crippen molar-refractivity contribution in [1.29, 1.82) is 0 Å². The summed E-state index contributed by atoms with van der Waals surface area (Å²) in [5.41, 5.74) is 0.646. The summed E-state index contributed by atoms with van der Waals surface area (Å²) in [6.45, 7) is 0. The monoisotopic (exact) mass is 305 g/mol. The maximum absolute atomic E-state index is 11.6. The topological polar surface area (TPSA) is 29.5 Å². The quantitative estimate of drug-likeness (QED) is 0.782. The molecule has 0 heterocycles. The van der Waals surface area contributed by atoms with Gasteiger partial charge in [-0.2, -0.15) is 0 Å². The van der Waals surface area contributed by atoms with Crippen LogP contribution in [0.5, 0.6) is 5.75 Å². The van der Waals surface area contributed by atoms with E-state index >= 15 is 0 Å². The van der Waals surface area contributed by atoms with Crippen molar-refractivity contribution in [2.45, 2.75) is 0 Å². The Hall–Kier alpha value is -0.780. The van der Waals surface area contributed by atoms with Crippen LogP contribution < -0.4 is 4.74 Å². The first kappa shape index (κ1) is 11.3. The lowest BCUT2D eigenvalue weighted by atomic mass is 10.2. The number of rotatable bonds is 2. The number of benzene rings is 1. The van der Waals surface area contributed by atoms with Gasteiger partial charge in [-0.3, -0.25) is 4.79 Å². The normalized spacial score (nSPS) is 9.71. The van der Waals surface area contributed by atoms with Gasteiger partial charge in [-0.1, -0.05) is 0 Å². The maximum Gasteiger partial charge on any atom is 0.253 e. The Kier molecular flexibility index (Phi) is 3.74. The van der Waals surface area contributed by atoms with E-state index < -0.39 is 0 Å². The lowest BCUT2D eigenvalue weighted by Gasteiger charge is -2.11. The Morgan fingerprint density at radius 1 is 1.43 bits per heavy atom. The molecule has 0 fully saturated rings. The Morgan fingerprint density at radius 3 is 2.57 bits per heavy atom. The predicted octanol–water partition coefficient (Wildman–Crippen LogP) is 2.00. The fourth-order valence-corrected chi connectivity index (χ4v) is 1.61. The van der Waals surface area contributed by atoms with Crippen LogP contribution in [0.15, 0.2) is 18.2 Å². The molecule has 76 valence electrons. The van der Waals surface area contributed by atoms with Crippen molar-refractivity contribution in [2.75, 3.05) is 21.2 Å². The number of hydrogen-bond donors (Lipinski definition) is 0. The number of amides is 1. The summed E-state index contributed by atoms with van der Waals surface area (Å²) in [5, 5.41) is 0. The number of methoxy groups -OCH3 is 1. The minimum atomic E-state index is -0.0142. The molecule has 1 aromatic rings. The van der Waals surface area contributed by atoms with Crippen LogP contribution in [0.2, 0.25) is 0 Å². The number of ether oxygens (including phenoxy) is 1. The molecule has 0 bridgehead atoms. The molecule has 0 spiro atoms. The van der Waals surface area contributed by atoms with E-state index in [4.69, 9.17) is 4.74 Å². The first-order valence-corrected chi connectivity index (χ1v) is 5.19. The van der Waals surface area contributed by atoms with Gasteiger partial charge in [0.25, 0.3) is 5.91 Å². The molecule has 0 aliphatic rings. The third kappa shape index (κ3) is 2.37. The molecule has 4 heteroatoms. The number of hydrogen-bond acceptors (Lipinski definition) is 2. The van der Waals surface area contributed by atoms with Gasteiger partial charge in [-0.05, 0) is 40.8 Å². The fourth-order valence-electron chi connectivity index (χ4n) is 1.05. The standard InChI is InChI=1S/C10H12INO2/c1-12(2)10(13)7-4-5-8(11)9(6-7)14-3/h4-6H,1-3H3. The van der Waals surface area contributed by atoms with E-state index in [1.54, 1.807) is 38.2 Å². The molecular formula is C10H12INO2. The highest BCUT2D eigenvalue weighted by Gasteiger charge is 2.10. The van der Waals surface area contributed by atoms with E-state index in [-0.39, 0.29) is 5.91 Å². The van der Waals surface area contributed by atoms with Crippen LogP contribution in [-0.2, 0) is 0 Å². The Morgan fingerprint density at radius 2 is 2.07 bits per heavy atom. The van der Waals surface area contributed by atoms with E-state index in [1.807, 2.05) is 6.07 Å². The van der Waals surface area contributed by atoms with Crippen LogP contribution in [0.3, 0.4) is 0 Å². The van der Waals surface area contributed by atoms with Gasteiger partial charge in [0.2, 0.25) is 0 Å². The van der Waals surface area contributed by atoms with Crippen molar-refractivity contribution in [3.05, 3.63) is 27.3 Å². The largest absolute Gasteiger partial charge is 0.496 e. The number of carbonyl (C=O) groups is 1. The van der Waals surface area contributed by atoms with Crippen LogP contribution in [0.4, 0.5) is 0 Å². The van der Waals surface area contributed by atoms with Crippen LogP contribution >= 0.6 is 22.6 Å². The third-order valence-electron chi connectivity index (χ3n) is 1.80. The van der Waals surface area contributed by atoms with Crippen molar-refractivity contribution < 1.29 is 9.53 Å². The fraction of sp³-hybridized carbons (Fsp3) is 0.300. The van der Waals surface area contributed by atoms with Gasteiger partial charge < -0.3 is 9.64 Å². The van der Waals surface area contributed by atoms with Crippen molar-refractivity contribution in [3.63, 3.8) is 0 Å². The zero-order chi connectivity index (χ0) is 10.7. The average molecular weight is 305 g/mol. The second-order valence-electron chi connectivity index (χ2n) is 3.05. The minimum absolute atomic E-state index is 0.0142. The highest BCUT2D eigenvalue weighted by molar-refractivity contribution is 14.1. The molecule has 0 saturated heterocycles. The van der Waals surface area contributed by atoms with Gasteiger partial charge in [-0.25, -0.2) is 0 Å².